The first-order chi connectivity index (χ1) is 7.84. The minimum Gasteiger partial charge on any atom is -0.316 e. The Morgan fingerprint density at radius 1 is 1.44 bits per heavy atom. The molecule has 0 amide bonds. The smallest absolute Gasteiger partial charge is 0.149 e. The van der Waals surface area contributed by atoms with Gasteiger partial charge in [-0.25, -0.2) is 4.39 Å². The van der Waals surface area contributed by atoms with Gasteiger partial charge in [0.1, 0.15) is 11.3 Å². The molecule has 0 aliphatic carbocycles. The SMILES string of the molecule is Fc1cccc2cnn(CCC3CNC3)c12. The number of hydrogen-bond acceptors (Lipinski definition) is 2. The van der Waals surface area contributed by atoms with Crippen LogP contribution in [-0.2, 0) is 6.54 Å². The molecule has 0 radical (unpaired) electrons. The zero-order valence-electron chi connectivity index (χ0n) is 8.99. The van der Waals surface area contributed by atoms with E-state index in [4.69, 9.17) is 0 Å². The van der Waals surface area contributed by atoms with E-state index in [2.05, 4.69) is 10.4 Å². The number of rotatable bonds is 3. The van der Waals surface area contributed by atoms with Gasteiger partial charge in [0.05, 0.1) is 6.20 Å². The average Bonchev–Trinajstić information content (AvgIpc) is 2.61. The number of aromatic nitrogens is 2. The van der Waals surface area contributed by atoms with Crippen molar-refractivity contribution < 1.29 is 4.39 Å². The molecule has 1 fully saturated rings. The third-order valence-corrected chi connectivity index (χ3v) is 3.23. The molecular formula is C12H14FN3. The Morgan fingerprint density at radius 2 is 2.31 bits per heavy atom. The normalized spacial score (nSPS) is 16.6. The van der Waals surface area contributed by atoms with Gasteiger partial charge < -0.3 is 5.32 Å². The highest BCUT2D eigenvalue weighted by molar-refractivity contribution is 5.78. The monoisotopic (exact) mass is 219 g/mol. The molecule has 2 heterocycles. The van der Waals surface area contributed by atoms with E-state index >= 15 is 0 Å². The Labute approximate surface area is 93.3 Å². The Hall–Kier alpha value is -1.42. The lowest BCUT2D eigenvalue weighted by molar-refractivity contribution is 0.308. The van der Waals surface area contributed by atoms with Crippen molar-refractivity contribution in [2.24, 2.45) is 5.92 Å². The highest BCUT2D eigenvalue weighted by atomic mass is 19.1. The molecule has 84 valence electrons. The minimum absolute atomic E-state index is 0.179. The van der Waals surface area contributed by atoms with Crippen molar-refractivity contribution in [1.29, 1.82) is 0 Å². The van der Waals surface area contributed by atoms with E-state index < -0.39 is 0 Å². The van der Waals surface area contributed by atoms with Crippen LogP contribution in [0.1, 0.15) is 6.42 Å². The van der Waals surface area contributed by atoms with E-state index in [0.29, 0.717) is 5.52 Å². The van der Waals surface area contributed by atoms with Gasteiger partial charge in [-0.15, -0.1) is 0 Å². The molecule has 1 saturated heterocycles. The van der Waals surface area contributed by atoms with Crippen LogP contribution in [0.25, 0.3) is 10.9 Å². The van der Waals surface area contributed by atoms with Crippen molar-refractivity contribution >= 4 is 10.9 Å². The van der Waals surface area contributed by atoms with Gasteiger partial charge in [-0.2, -0.15) is 5.10 Å². The molecule has 4 heteroatoms. The summed E-state index contributed by atoms with van der Waals surface area (Å²) >= 11 is 0. The summed E-state index contributed by atoms with van der Waals surface area (Å²) in [6, 6.07) is 5.11. The lowest BCUT2D eigenvalue weighted by Gasteiger charge is -2.26. The second-order valence-corrected chi connectivity index (χ2v) is 4.36. The first kappa shape index (κ1) is 9.78. The summed E-state index contributed by atoms with van der Waals surface area (Å²) in [5, 5.41) is 8.36. The summed E-state index contributed by atoms with van der Waals surface area (Å²) in [5.74, 6) is 0.549. The zero-order chi connectivity index (χ0) is 11.0. The number of benzene rings is 1. The summed E-state index contributed by atoms with van der Waals surface area (Å²) in [7, 11) is 0. The molecule has 1 aliphatic heterocycles. The molecule has 3 rings (SSSR count). The van der Waals surface area contributed by atoms with E-state index in [-0.39, 0.29) is 5.82 Å². The minimum atomic E-state index is -0.179. The van der Waals surface area contributed by atoms with Gasteiger partial charge in [0, 0.05) is 11.9 Å². The van der Waals surface area contributed by atoms with Crippen LogP contribution in [0.15, 0.2) is 24.4 Å². The quantitative estimate of drug-likeness (QED) is 0.852. The molecule has 3 nitrogen and oxygen atoms in total. The third kappa shape index (κ3) is 1.59. The number of hydrogen-bond donors (Lipinski definition) is 1. The molecule has 2 aromatic rings. The van der Waals surface area contributed by atoms with Crippen molar-refractivity contribution in [2.45, 2.75) is 13.0 Å². The highest BCUT2D eigenvalue weighted by Gasteiger charge is 2.17. The molecule has 0 bridgehead atoms. The van der Waals surface area contributed by atoms with E-state index in [1.807, 2.05) is 6.07 Å². The standard InChI is InChI=1S/C12H14FN3/c13-11-3-1-2-10-8-15-16(12(10)11)5-4-9-6-14-7-9/h1-3,8-9,14H,4-7H2. The van der Waals surface area contributed by atoms with E-state index in [9.17, 15) is 4.39 Å². The van der Waals surface area contributed by atoms with Crippen molar-refractivity contribution in [3.05, 3.63) is 30.2 Å². The Bertz CT molecular complexity index is 502. The Balaban J connectivity index is 1.85. The number of aryl methyl sites for hydroxylation is 1. The van der Waals surface area contributed by atoms with Crippen LogP contribution in [0.5, 0.6) is 0 Å². The van der Waals surface area contributed by atoms with Gasteiger partial charge in [-0.3, -0.25) is 4.68 Å². The predicted octanol–water partition coefficient (Wildman–Crippen LogP) is 1.78. The fraction of sp³-hybridized carbons (Fsp3) is 0.417. The van der Waals surface area contributed by atoms with Crippen molar-refractivity contribution in [3.63, 3.8) is 0 Å². The maximum atomic E-state index is 13.6. The number of nitrogens with zero attached hydrogens (tertiary/aromatic N) is 2. The van der Waals surface area contributed by atoms with Crippen molar-refractivity contribution in [2.75, 3.05) is 13.1 Å². The molecule has 0 spiro atoms. The first-order valence-electron chi connectivity index (χ1n) is 5.65. The van der Waals surface area contributed by atoms with Gasteiger partial charge in [-0.05, 0) is 31.5 Å². The van der Waals surface area contributed by atoms with Crippen molar-refractivity contribution in [3.8, 4) is 0 Å². The summed E-state index contributed by atoms with van der Waals surface area (Å²) in [5.41, 5.74) is 0.634. The molecule has 1 N–H and O–H groups in total. The molecule has 0 unspecified atom stereocenters. The fourth-order valence-electron chi connectivity index (χ4n) is 2.13. The Kier molecular flexibility index (Phi) is 2.36. The van der Waals surface area contributed by atoms with Crippen LogP contribution >= 0.6 is 0 Å². The van der Waals surface area contributed by atoms with E-state index in [0.717, 1.165) is 37.4 Å². The van der Waals surface area contributed by atoms with E-state index in [1.54, 1.807) is 16.9 Å². The number of halogens is 1. The van der Waals surface area contributed by atoms with Crippen LogP contribution in [0.4, 0.5) is 4.39 Å². The Morgan fingerprint density at radius 3 is 3.06 bits per heavy atom. The summed E-state index contributed by atoms with van der Waals surface area (Å²) in [6.45, 7) is 2.97. The third-order valence-electron chi connectivity index (χ3n) is 3.23. The summed E-state index contributed by atoms with van der Waals surface area (Å²) in [4.78, 5) is 0. The largest absolute Gasteiger partial charge is 0.316 e. The molecule has 1 aromatic carbocycles. The zero-order valence-corrected chi connectivity index (χ0v) is 8.99. The van der Waals surface area contributed by atoms with Gasteiger partial charge in [-0.1, -0.05) is 12.1 Å². The van der Waals surface area contributed by atoms with Crippen molar-refractivity contribution in [1.82, 2.24) is 15.1 Å². The van der Waals surface area contributed by atoms with E-state index in [1.165, 1.54) is 6.07 Å². The topological polar surface area (TPSA) is 29.9 Å². The van der Waals surface area contributed by atoms with Crippen LogP contribution in [0.3, 0.4) is 0 Å². The fourth-order valence-corrected chi connectivity index (χ4v) is 2.13. The lowest BCUT2D eigenvalue weighted by atomic mass is 10.00. The van der Waals surface area contributed by atoms with Gasteiger partial charge in [0.25, 0.3) is 0 Å². The number of nitrogens with one attached hydrogen (secondary N) is 1. The number of para-hydroxylation sites is 1. The van der Waals surface area contributed by atoms with Gasteiger partial charge in [0.2, 0.25) is 0 Å². The molecule has 1 aliphatic rings. The van der Waals surface area contributed by atoms with Crippen LogP contribution in [0, 0.1) is 11.7 Å². The summed E-state index contributed by atoms with van der Waals surface area (Å²) in [6.07, 6.45) is 2.80. The molecule has 0 atom stereocenters. The summed E-state index contributed by atoms with van der Waals surface area (Å²) < 4.78 is 15.4. The second kappa shape index (κ2) is 3.87. The molecule has 16 heavy (non-hydrogen) atoms. The highest BCUT2D eigenvalue weighted by Crippen LogP contribution is 2.18. The van der Waals surface area contributed by atoms with Crippen LogP contribution in [0.2, 0.25) is 0 Å². The second-order valence-electron chi connectivity index (χ2n) is 4.36. The average molecular weight is 219 g/mol. The maximum absolute atomic E-state index is 13.6. The van der Waals surface area contributed by atoms with Crippen LogP contribution < -0.4 is 5.32 Å². The first-order valence-corrected chi connectivity index (χ1v) is 5.65. The predicted molar refractivity (Wildman–Crippen MR) is 60.7 cm³/mol. The molecular weight excluding hydrogens is 205 g/mol. The molecule has 1 aromatic heterocycles. The number of fused-ring (bicyclic) bond motifs is 1. The molecule has 0 saturated carbocycles. The lowest BCUT2D eigenvalue weighted by Crippen LogP contribution is -2.42. The maximum Gasteiger partial charge on any atom is 0.149 e. The van der Waals surface area contributed by atoms with Gasteiger partial charge in [0.15, 0.2) is 0 Å². The van der Waals surface area contributed by atoms with Gasteiger partial charge >= 0.3 is 0 Å². The van der Waals surface area contributed by atoms with Crippen LogP contribution in [-0.4, -0.2) is 22.9 Å².